The Balaban J connectivity index is 0.934. The summed E-state index contributed by atoms with van der Waals surface area (Å²) in [5.41, 5.74) is 4.48. The summed E-state index contributed by atoms with van der Waals surface area (Å²) in [4.78, 5) is 59.8. The molecule has 0 fully saturated rings. The Morgan fingerprint density at radius 3 is 1.41 bits per heavy atom. The first-order valence-corrected chi connectivity index (χ1v) is 35.0. The number of amides is 4. The fourth-order valence-corrected chi connectivity index (χ4v) is 16.1. The summed E-state index contributed by atoms with van der Waals surface area (Å²) < 4.78 is 71.6. The summed E-state index contributed by atoms with van der Waals surface area (Å²) in [7, 11) is -8.61. The lowest BCUT2D eigenvalue weighted by Gasteiger charge is -2.31. The van der Waals surface area contributed by atoms with E-state index >= 15 is 0 Å². The molecule has 0 radical (unpaired) electrons. The molecule has 1 aliphatic carbocycles. The van der Waals surface area contributed by atoms with Crippen LogP contribution in [0.5, 0.6) is 11.5 Å². The fraction of sp³-hybridized carbons (Fsp3) is 0.361. The molecule has 0 saturated heterocycles. The third kappa shape index (κ3) is 16.3. The van der Waals surface area contributed by atoms with Crippen molar-refractivity contribution in [2.45, 2.75) is 130 Å². The van der Waals surface area contributed by atoms with Gasteiger partial charge in [0.1, 0.15) is 18.1 Å². The lowest BCUT2D eigenvalue weighted by Crippen LogP contribution is -2.29. The van der Waals surface area contributed by atoms with Crippen molar-refractivity contribution in [2.24, 2.45) is 0 Å². The van der Waals surface area contributed by atoms with E-state index in [0.29, 0.717) is 33.3 Å². The van der Waals surface area contributed by atoms with E-state index in [-0.39, 0.29) is 79.4 Å². The smallest absolute Gasteiger partial charge is 0.449 e. The number of phosphoric acid groups is 2. The van der Waals surface area contributed by atoms with Gasteiger partial charge in [-0.25, -0.2) is 13.9 Å². The highest BCUT2D eigenvalue weighted by Crippen LogP contribution is 2.60. The summed E-state index contributed by atoms with van der Waals surface area (Å²) in [5.74, 6) is -1.29. The molecule has 10 rings (SSSR count). The molecule has 490 valence electrons. The van der Waals surface area contributed by atoms with Gasteiger partial charge in [0.2, 0.25) is 5.91 Å². The standard InChI is InChI=1S/C72H80Cl2N4O13P2/c1-69(2,3)88-92(83,89-70(4,5)6)86-61-38-59-66(55-27-19-17-25-53(55)61)47(40-73)42-77(59)64(80)33-30-45-29-31-46(58(37-45)76-63(79)35-36-75-68(82)85-44-57-51-23-15-13-21-49(51)50-22-14-16-24-52(50)57)32-34-65(81)78-43-48(41-74)67-56-28-20-18-26-54(56)62(39-60(67)78)87-93(84,90-71(7,8)9)91-72(10,11)12/h13-34,37-39,47-48,57H,35-36,40-44H2,1-12H3,(H,75,82)(H,76,79)/t47-,48-/m1/s1. The normalized spacial score (nSPS) is 16.0. The van der Waals surface area contributed by atoms with Crippen molar-refractivity contribution in [1.29, 1.82) is 0 Å². The van der Waals surface area contributed by atoms with Crippen LogP contribution in [-0.2, 0) is 46.3 Å². The first-order chi connectivity index (χ1) is 43.8. The van der Waals surface area contributed by atoms with Crippen LogP contribution in [0.25, 0.3) is 44.8 Å². The van der Waals surface area contributed by atoms with Crippen LogP contribution in [-0.4, -0.2) is 84.2 Å². The molecule has 0 bridgehead atoms. The second-order valence-corrected chi connectivity index (χ2v) is 30.8. The molecule has 2 aliphatic heterocycles. The summed E-state index contributed by atoms with van der Waals surface area (Å²) in [6, 6.07) is 39.4. The van der Waals surface area contributed by atoms with Crippen LogP contribution in [0.3, 0.4) is 0 Å². The highest BCUT2D eigenvalue weighted by atomic mass is 35.5. The van der Waals surface area contributed by atoms with Crippen molar-refractivity contribution >= 4 is 113 Å². The van der Waals surface area contributed by atoms with E-state index in [1.807, 2.05) is 84.9 Å². The molecule has 3 aliphatic rings. The quantitative estimate of drug-likeness (QED) is 0.0416. The molecule has 4 amide bonds. The molecule has 7 aromatic carbocycles. The number of alkyl halides is 2. The largest absolute Gasteiger partial charge is 0.531 e. The lowest BCUT2D eigenvalue weighted by atomic mass is 9.95. The number of benzene rings is 7. The van der Waals surface area contributed by atoms with Gasteiger partial charge < -0.3 is 34.2 Å². The monoisotopic (exact) mass is 1340 g/mol. The van der Waals surface area contributed by atoms with Gasteiger partial charge in [-0.05, 0) is 157 Å². The number of rotatable bonds is 20. The molecule has 0 spiro atoms. The molecule has 17 nitrogen and oxygen atoms in total. The van der Waals surface area contributed by atoms with Gasteiger partial charge in [-0.2, -0.15) is 0 Å². The number of alkyl carbamates (subject to hydrolysis) is 1. The van der Waals surface area contributed by atoms with Gasteiger partial charge in [0.15, 0.2) is 0 Å². The van der Waals surface area contributed by atoms with E-state index in [2.05, 4.69) is 22.8 Å². The molecule has 0 aromatic heterocycles. The Morgan fingerprint density at radius 1 is 0.548 bits per heavy atom. The van der Waals surface area contributed by atoms with Crippen molar-refractivity contribution in [2.75, 3.05) is 53.1 Å². The first kappa shape index (κ1) is 68.6. The molecule has 2 N–H and O–H groups in total. The van der Waals surface area contributed by atoms with Crippen LogP contribution in [0.15, 0.2) is 140 Å². The van der Waals surface area contributed by atoms with Crippen molar-refractivity contribution in [1.82, 2.24) is 5.32 Å². The Kier molecular flexibility index (Phi) is 20.1. The zero-order valence-corrected chi connectivity index (χ0v) is 57.8. The van der Waals surface area contributed by atoms with E-state index in [9.17, 15) is 28.3 Å². The van der Waals surface area contributed by atoms with Crippen molar-refractivity contribution in [3.05, 3.63) is 173 Å². The topological polar surface area (TPSA) is 198 Å². The molecule has 21 heteroatoms. The lowest BCUT2D eigenvalue weighted by molar-refractivity contribution is -0.116. The molecule has 93 heavy (non-hydrogen) atoms. The zero-order valence-electron chi connectivity index (χ0n) is 54.5. The highest BCUT2D eigenvalue weighted by molar-refractivity contribution is 7.49. The van der Waals surface area contributed by atoms with Crippen molar-refractivity contribution in [3.63, 3.8) is 0 Å². The van der Waals surface area contributed by atoms with Gasteiger partial charge in [-0.15, -0.1) is 23.2 Å². The Hall–Kier alpha value is -7.30. The average Bonchev–Trinajstić information content (AvgIpc) is 1.67. The number of anilines is 3. The number of hydrogen-bond acceptors (Lipinski definition) is 13. The zero-order chi connectivity index (χ0) is 67.0. The van der Waals surface area contributed by atoms with Gasteiger partial charge in [-0.1, -0.05) is 109 Å². The maximum atomic E-state index is 14.7. The second-order valence-electron chi connectivity index (χ2n) is 27.3. The molecule has 2 atom stereocenters. The van der Waals surface area contributed by atoms with E-state index in [4.69, 9.17) is 55.1 Å². The van der Waals surface area contributed by atoms with Gasteiger partial charge in [0.05, 0.1) is 33.8 Å². The SMILES string of the molecule is CC(C)(C)OP(=O)(Oc1cc2c(c3ccccc13)[C@H](CCl)CN2C(=O)C=Cc1ccc(C=CC(=O)N2C[C@@H](CCl)c3c2cc(OP(=O)(OC(C)(C)C)OC(C)(C)C)c2ccccc32)c(NC(=O)CCNC(=O)OCC2c3ccccc3-c3ccccc32)c1)OC(C)(C)C. The maximum Gasteiger partial charge on any atom is 0.531 e. The number of carbonyl (C=O) groups is 4. The molecular weight excluding hydrogens is 1260 g/mol. The molecule has 7 aromatic rings. The minimum absolute atomic E-state index is 0.0652. The third-order valence-electron chi connectivity index (χ3n) is 15.3. The minimum Gasteiger partial charge on any atom is -0.449 e. The van der Waals surface area contributed by atoms with Crippen LogP contribution >= 0.6 is 38.8 Å². The molecule has 2 heterocycles. The maximum absolute atomic E-state index is 14.7. The van der Waals surface area contributed by atoms with Crippen molar-refractivity contribution < 1.29 is 60.2 Å². The predicted molar refractivity (Wildman–Crippen MR) is 370 cm³/mol. The minimum atomic E-state index is -4.31. The fourth-order valence-electron chi connectivity index (χ4n) is 11.9. The number of fused-ring (bicyclic) bond motifs is 9. The average molecular weight is 1340 g/mol. The number of phosphoric ester groups is 2. The van der Waals surface area contributed by atoms with Crippen LogP contribution < -0.4 is 29.5 Å². The van der Waals surface area contributed by atoms with E-state index in [1.165, 1.54) is 12.2 Å². The highest BCUT2D eigenvalue weighted by Gasteiger charge is 2.43. The Morgan fingerprint density at radius 2 is 0.968 bits per heavy atom. The molecular formula is C72H80Cl2N4O13P2. The van der Waals surface area contributed by atoms with E-state index in [1.54, 1.807) is 135 Å². The number of nitrogens with zero attached hydrogens (tertiary/aromatic N) is 2. The third-order valence-corrected chi connectivity index (χ3v) is 19.9. The summed E-state index contributed by atoms with van der Waals surface area (Å²) in [6.45, 7) is 21.5. The number of halogens is 2. The van der Waals surface area contributed by atoms with Crippen LogP contribution in [0.2, 0.25) is 0 Å². The Bertz CT molecular complexity index is 4120. The molecule has 0 saturated carbocycles. The predicted octanol–water partition coefficient (Wildman–Crippen LogP) is 17.9. The van der Waals surface area contributed by atoms with Gasteiger partial charge >= 0.3 is 21.7 Å². The van der Waals surface area contributed by atoms with Gasteiger partial charge in [0, 0.05) is 96.3 Å². The van der Waals surface area contributed by atoms with Crippen LogP contribution in [0.4, 0.5) is 21.9 Å². The van der Waals surface area contributed by atoms with Gasteiger partial charge in [0.25, 0.3) is 11.8 Å². The Labute approximate surface area is 554 Å². The molecule has 0 unspecified atom stereocenters. The number of hydrogen-bond donors (Lipinski definition) is 2. The van der Waals surface area contributed by atoms with E-state index < -0.39 is 61.9 Å². The summed E-state index contributed by atoms with van der Waals surface area (Å²) in [5, 5.41) is 8.44. The van der Waals surface area contributed by atoms with Crippen molar-refractivity contribution in [3.8, 4) is 22.6 Å². The summed E-state index contributed by atoms with van der Waals surface area (Å²) >= 11 is 13.4. The van der Waals surface area contributed by atoms with Crippen LogP contribution in [0.1, 0.15) is 141 Å². The number of nitrogens with one attached hydrogen (secondary N) is 2. The second kappa shape index (κ2) is 27.2. The first-order valence-electron chi connectivity index (χ1n) is 31.0. The number of carbonyl (C=O) groups excluding carboxylic acids is 4. The van der Waals surface area contributed by atoms with Gasteiger partial charge in [-0.3, -0.25) is 32.5 Å². The summed E-state index contributed by atoms with van der Waals surface area (Å²) in [6.07, 6.45) is 5.15. The number of ether oxygens (including phenoxy) is 1. The van der Waals surface area contributed by atoms with Crippen LogP contribution in [0, 0.1) is 0 Å². The van der Waals surface area contributed by atoms with E-state index in [0.717, 1.165) is 44.2 Å².